The molecule has 1 unspecified atom stereocenters. The van der Waals surface area contributed by atoms with Crippen molar-refractivity contribution in [3.05, 3.63) is 0 Å². The normalized spacial score (nSPS) is 31.1. The van der Waals surface area contributed by atoms with Crippen molar-refractivity contribution in [1.82, 2.24) is 5.32 Å². The third-order valence-electron chi connectivity index (χ3n) is 3.02. The number of nitrogens with one attached hydrogen (secondary N) is 1. The van der Waals surface area contributed by atoms with E-state index in [9.17, 15) is 0 Å². The van der Waals surface area contributed by atoms with E-state index in [2.05, 4.69) is 5.32 Å². The van der Waals surface area contributed by atoms with Crippen LogP contribution in [0.3, 0.4) is 0 Å². The van der Waals surface area contributed by atoms with Gasteiger partial charge in [-0.2, -0.15) is 0 Å². The predicted octanol–water partition coefficient (Wildman–Crippen LogP) is 2.35. The highest BCUT2D eigenvalue weighted by molar-refractivity contribution is 5.85. The van der Waals surface area contributed by atoms with Crippen molar-refractivity contribution in [2.24, 2.45) is 5.92 Å². The van der Waals surface area contributed by atoms with Gasteiger partial charge in [-0.05, 0) is 25.3 Å². The Bertz CT molecular complexity index is 106. The summed E-state index contributed by atoms with van der Waals surface area (Å²) in [5, 5.41) is 3.47. The highest BCUT2D eigenvalue weighted by atomic mass is 35.5. The minimum Gasteiger partial charge on any atom is -0.314 e. The number of hydrogen-bond donors (Lipinski definition) is 1. The van der Waals surface area contributed by atoms with E-state index in [-0.39, 0.29) is 12.4 Å². The molecule has 1 saturated heterocycles. The lowest BCUT2D eigenvalue weighted by molar-refractivity contribution is 0.299. The lowest BCUT2D eigenvalue weighted by atomic mass is 9.93. The van der Waals surface area contributed by atoms with Crippen LogP contribution in [0.4, 0.5) is 0 Å². The lowest BCUT2D eigenvalue weighted by Crippen LogP contribution is -2.43. The Morgan fingerprint density at radius 2 is 1.73 bits per heavy atom. The molecule has 1 heterocycles. The molecule has 66 valence electrons. The quantitative estimate of drug-likeness (QED) is 0.680. The molecule has 1 N–H and O–H groups in total. The fraction of sp³-hybridized carbons (Fsp3) is 1.00. The van der Waals surface area contributed by atoms with Gasteiger partial charge >= 0.3 is 0 Å². The van der Waals surface area contributed by atoms with E-state index in [1.165, 1.54) is 45.1 Å². The van der Waals surface area contributed by atoms with Crippen molar-refractivity contribution in [2.45, 2.75) is 44.6 Å². The summed E-state index contributed by atoms with van der Waals surface area (Å²) in [6.07, 6.45) is 8.93. The van der Waals surface area contributed by atoms with E-state index in [4.69, 9.17) is 0 Å². The second-order valence-corrected chi connectivity index (χ2v) is 3.83. The Morgan fingerprint density at radius 3 is 2.18 bits per heavy atom. The van der Waals surface area contributed by atoms with Crippen LogP contribution in [0.5, 0.6) is 0 Å². The summed E-state index contributed by atoms with van der Waals surface area (Å²) >= 11 is 0. The van der Waals surface area contributed by atoms with Gasteiger partial charge in [0, 0.05) is 6.04 Å². The largest absolute Gasteiger partial charge is 0.314 e. The molecule has 0 aromatic rings. The summed E-state index contributed by atoms with van der Waals surface area (Å²) in [5.41, 5.74) is 0. The van der Waals surface area contributed by atoms with Crippen molar-refractivity contribution in [3.63, 3.8) is 0 Å². The van der Waals surface area contributed by atoms with Gasteiger partial charge in [0.2, 0.25) is 0 Å². The monoisotopic (exact) mass is 175 g/mol. The molecule has 0 aromatic carbocycles. The average Bonchev–Trinajstić information content (AvgIpc) is 2.29. The molecule has 1 aliphatic carbocycles. The molecule has 1 aliphatic heterocycles. The molecule has 2 aliphatic rings. The summed E-state index contributed by atoms with van der Waals surface area (Å²) in [4.78, 5) is 0. The standard InChI is InChI=1S/C9H17N.ClH/c1-2-4-8(3-1)7-9-5-6-10-9;/h8-10H,1-7H2;1H. The number of hydrogen-bond acceptors (Lipinski definition) is 1. The summed E-state index contributed by atoms with van der Waals surface area (Å²) in [7, 11) is 0. The lowest BCUT2D eigenvalue weighted by Gasteiger charge is -2.29. The molecule has 0 spiro atoms. The first kappa shape index (κ1) is 9.34. The number of halogens is 1. The molecule has 0 amide bonds. The molecule has 2 fully saturated rings. The van der Waals surface area contributed by atoms with Crippen LogP contribution in [0, 0.1) is 5.92 Å². The van der Waals surface area contributed by atoms with Crippen molar-refractivity contribution in [2.75, 3.05) is 6.54 Å². The molecule has 0 aromatic heterocycles. The summed E-state index contributed by atoms with van der Waals surface area (Å²) < 4.78 is 0. The van der Waals surface area contributed by atoms with Crippen LogP contribution in [-0.4, -0.2) is 12.6 Å². The van der Waals surface area contributed by atoms with Crippen molar-refractivity contribution >= 4 is 12.4 Å². The van der Waals surface area contributed by atoms with Crippen LogP contribution in [0.25, 0.3) is 0 Å². The Hall–Kier alpha value is 0.250. The first-order valence-electron chi connectivity index (χ1n) is 4.68. The SMILES string of the molecule is C1CCC(CC2CCN2)C1.Cl. The van der Waals surface area contributed by atoms with Crippen molar-refractivity contribution in [1.29, 1.82) is 0 Å². The first-order valence-corrected chi connectivity index (χ1v) is 4.68. The van der Waals surface area contributed by atoms with Gasteiger partial charge < -0.3 is 5.32 Å². The molecule has 0 bridgehead atoms. The van der Waals surface area contributed by atoms with Gasteiger partial charge in [0.15, 0.2) is 0 Å². The Labute approximate surface area is 75.4 Å². The van der Waals surface area contributed by atoms with Gasteiger partial charge in [-0.3, -0.25) is 0 Å². The van der Waals surface area contributed by atoms with E-state index in [1.54, 1.807) is 0 Å². The molecule has 1 atom stereocenters. The smallest absolute Gasteiger partial charge is 0.00817 e. The Balaban J connectivity index is 0.000000605. The van der Waals surface area contributed by atoms with Crippen LogP contribution in [0.1, 0.15) is 38.5 Å². The van der Waals surface area contributed by atoms with Crippen LogP contribution in [-0.2, 0) is 0 Å². The van der Waals surface area contributed by atoms with E-state index < -0.39 is 0 Å². The molecule has 2 heteroatoms. The molecular weight excluding hydrogens is 158 g/mol. The molecular formula is C9H18ClN. The second-order valence-electron chi connectivity index (χ2n) is 3.83. The van der Waals surface area contributed by atoms with Gasteiger partial charge in [-0.25, -0.2) is 0 Å². The summed E-state index contributed by atoms with van der Waals surface area (Å²) in [6.45, 7) is 1.28. The minimum absolute atomic E-state index is 0. The van der Waals surface area contributed by atoms with E-state index in [0.717, 1.165) is 12.0 Å². The molecule has 2 rings (SSSR count). The van der Waals surface area contributed by atoms with Crippen molar-refractivity contribution in [3.8, 4) is 0 Å². The van der Waals surface area contributed by atoms with Gasteiger partial charge in [-0.1, -0.05) is 25.7 Å². The maximum atomic E-state index is 3.47. The van der Waals surface area contributed by atoms with Crippen LogP contribution in [0.2, 0.25) is 0 Å². The Morgan fingerprint density at radius 1 is 1.09 bits per heavy atom. The zero-order valence-corrected chi connectivity index (χ0v) is 7.83. The van der Waals surface area contributed by atoms with E-state index >= 15 is 0 Å². The maximum Gasteiger partial charge on any atom is 0.00817 e. The minimum atomic E-state index is 0. The zero-order chi connectivity index (χ0) is 6.81. The van der Waals surface area contributed by atoms with Gasteiger partial charge in [0.05, 0.1) is 0 Å². The third-order valence-corrected chi connectivity index (χ3v) is 3.02. The molecule has 0 radical (unpaired) electrons. The summed E-state index contributed by atoms with van der Waals surface area (Å²) in [6, 6.07) is 0.906. The number of rotatable bonds is 2. The highest BCUT2D eigenvalue weighted by Gasteiger charge is 2.23. The third kappa shape index (κ3) is 2.34. The van der Waals surface area contributed by atoms with Crippen molar-refractivity contribution < 1.29 is 0 Å². The summed E-state index contributed by atoms with van der Waals surface area (Å²) in [5.74, 6) is 1.08. The fourth-order valence-electron chi connectivity index (χ4n) is 2.20. The van der Waals surface area contributed by atoms with Gasteiger partial charge in [-0.15, -0.1) is 12.4 Å². The zero-order valence-electron chi connectivity index (χ0n) is 7.01. The molecule has 1 nitrogen and oxygen atoms in total. The van der Waals surface area contributed by atoms with Gasteiger partial charge in [0.25, 0.3) is 0 Å². The molecule has 1 saturated carbocycles. The van der Waals surface area contributed by atoms with Crippen LogP contribution >= 0.6 is 12.4 Å². The predicted molar refractivity (Wildman–Crippen MR) is 50.2 cm³/mol. The van der Waals surface area contributed by atoms with E-state index in [0.29, 0.717) is 0 Å². The first-order chi connectivity index (χ1) is 4.95. The molecule has 11 heavy (non-hydrogen) atoms. The Kier molecular flexibility index (Phi) is 3.67. The van der Waals surface area contributed by atoms with Gasteiger partial charge in [0.1, 0.15) is 0 Å². The maximum absolute atomic E-state index is 3.47. The topological polar surface area (TPSA) is 12.0 Å². The van der Waals surface area contributed by atoms with E-state index in [1.807, 2.05) is 0 Å². The fourth-order valence-corrected chi connectivity index (χ4v) is 2.20. The van der Waals surface area contributed by atoms with Crippen LogP contribution < -0.4 is 5.32 Å². The highest BCUT2D eigenvalue weighted by Crippen LogP contribution is 2.30. The van der Waals surface area contributed by atoms with Crippen LogP contribution in [0.15, 0.2) is 0 Å². The average molecular weight is 176 g/mol. The second kappa shape index (κ2) is 4.32.